The summed E-state index contributed by atoms with van der Waals surface area (Å²) in [6.07, 6.45) is 0. The maximum atomic E-state index is 11.6. The molecule has 1 fully saturated rings. The van der Waals surface area contributed by atoms with Crippen LogP contribution in [0.3, 0.4) is 0 Å². The third-order valence-electron chi connectivity index (χ3n) is 2.28. The molecule has 4 nitrogen and oxygen atoms in total. The molecule has 0 spiro atoms. The van der Waals surface area contributed by atoms with E-state index in [2.05, 4.69) is 10.6 Å². The van der Waals surface area contributed by atoms with Crippen LogP contribution in [0.25, 0.3) is 0 Å². The highest BCUT2D eigenvalue weighted by Gasteiger charge is 2.29. The SMILES string of the molecule is CCOCC(C)(C)NC(=O)C1CNC1.Cl. The second-order valence-electron chi connectivity index (χ2n) is 4.37. The summed E-state index contributed by atoms with van der Waals surface area (Å²) in [5, 5.41) is 6.07. The fourth-order valence-corrected chi connectivity index (χ4v) is 1.30. The Kier molecular flexibility index (Phi) is 6.17. The molecule has 0 aliphatic carbocycles. The number of rotatable bonds is 5. The van der Waals surface area contributed by atoms with E-state index in [1.165, 1.54) is 0 Å². The van der Waals surface area contributed by atoms with Crippen molar-refractivity contribution in [2.75, 3.05) is 26.3 Å². The van der Waals surface area contributed by atoms with E-state index in [4.69, 9.17) is 4.74 Å². The Morgan fingerprint density at radius 1 is 1.53 bits per heavy atom. The topological polar surface area (TPSA) is 50.4 Å². The van der Waals surface area contributed by atoms with Gasteiger partial charge in [-0.1, -0.05) is 0 Å². The molecule has 1 rings (SSSR count). The van der Waals surface area contributed by atoms with Crippen molar-refractivity contribution < 1.29 is 9.53 Å². The Hall–Kier alpha value is -0.320. The minimum absolute atomic E-state index is 0. The molecule has 1 saturated heterocycles. The van der Waals surface area contributed by atoms with Crippen molar-refractivity contribution in [3.05, 3.63) is 0 Å². The summed E-state index contributed by atoms with van der Waals surface area (Å²) >= 11 is 0. The van der Waals surface area contributed by atoms with Crippen molar-refractivity contribution in [2.45, 2.75) is 26.3 Å². The Balaban J connectivity index is 0.00000196. The van der Waals surface area contributed by atoms with Gasteiger partial charge in [0.15, 0.2) is 0 Å². The highest BCUT2D eigenvalue weighted by atomic mass is 35.5. The van der Waals surface area contributed by atoms with Gasteiger partial charge in [-0.25, -0.2) is 0 Å². The fraction of sp³-hybridized carbons (Fsp3) is 0.900. The van der Waals surface area contributed by atoms with Crippen LogP contribution in [0.2, 0.25) is 0 Å². The Labute approximate surface area is 97.5 Å². The number of carbonyl (C=O) groups is 1. The van der Waals surface area contributed by atoms with Crippen LogP contribution in [0.15, 0.2) is 0 Å². The zero-order chi connectivity index (χ0) is 10.6. The number of amides is 1. The molecule has 0 saturated carbocycles. The van der Waals surface area contributed by atoms with E-state index < -0.39 is 0 Å². The minimum atomic E-state index is -0.261. The number of halogens is 1. The van der Waals surface area contributed by atoms with Gasteiger partial charge in [0.1, 0.15) is 0 Å². The third-order valence-corrected chi connectivity index (χ3v) is 2.28. The van der Waals surface area contributed by atoms with Crippen LogP contribution in [-0.4, -0.2) is 37.7 Å². The first-order valence-corrected chi connectivity index (χ1v) is 5.15. The molecule has 0 aromatic carbocycles. The van der Waals surface area contributed by atoms with Gasteiger partial charge in [-0.05, 0) is 20.8 Å². The van der Waals surface area contributed by atoms with E-state index in [1.807, 2.05) is 20.8 Å². The first-order valence-electron chi connectivity index (χ1n) is 5.15. The molecular weight excluding hydrogens is 216 g/mol. The van der Waals surface area contributed by atoms with Crippen LogP contribution in [0.1, 0.15) is 20.8 Å². The predicted molar refractivity (Wildman–Crippen MR) is 62.3 cm³/mol. The van der Waals surface area contributed by atoms with Gasteiger partial charge in [0.05, 0.1) is 18.1 Å². The molecule has 0 aromatic heterocycles. The van der Waals surface area contributed by atoms with Crippen molar-refractivity contribution in [3.63, 3.8) is 0 Å². The number of ether oxygens (including phenoxy) is 1. The maximum Gasteiger partial charge on any atom is 0.226 e. The van der Waals surface area contributed by atoms with Gasteiger partial charge in [0.25, 0.3) is 0 Å². The Bertz CT molecular complexity index is 206. The Morgan fingerprint density at radius 2 is 2.13 bits per heavy atom. The second kappa shape index (κ2) is 6.30. The number of hydrogen-bond donors (Lipinski definition) is 2. The molecule has 15 heavy (non-hydrogen) atoms. The molecule has 0 bridgehead atoms. The second-order valence-corrected chi connectivity index (χ2v) is 4.37. The van der Waals surface area contributed by atoms with Crippen LogP contribution < -0.4 is 10.6 Å². The zero-order valence-corrected chi connectivity index (χ0v) is 10.4. The number of hydrogen-bond acceptors (Lipinski definition) is 3. The van der Waals surface area contributed by atoms with Crippen LogP contribution in [0, 0.1) is 5.92 Å². The van der Waals surface area contributed by atoms with Crippen molar-refractivity contribution in [3.8, 4) is 0 Å². The lowest BCUT2D eigenvalue weighted by Gasteiger charge is -2.32. The number of carbonyl (C=O) groups excluding carboxylic acids is 1. The summed E-state index contributed by atoms with van der Waals surface area (Å²) < 4.78 is 5.30. The minimum Gasteiger partial charge on any atom is -0.379 e. The van der Waals surface area contributed by atoms with E-state index in [-0.39, 0.29) is 29.8 Å². The maximum absolute atomic E-state index is 11.6. The molecular formula is C10H21ClN2O2. The van der Waals surface area contributed by atoms with Crippen molar-refractivity contribution in [2.24, 2.45) is 5.92 Å². The summed E-state index contributed by atoms with van der Waals surface area (Å²) in [5.74, 6) is 0.282. The molecule has 5 heteroatoms. The summed E-state index contributed by atoms with van der Waals surface area (Å²) in [6, 6.07) is 0. The van der Waals surface area contributed by atoms with Gasteiger partial charge in [-0.15, -0.1) is 12.4 Å². The van der Waals surface area contributed by atoms with Crippen molar-refractivity contribution in [1.29, 1.82) is 0 Å². The molecule has 2 N–H and O–H groups in total. The van der Waals surface area contributed by atoms with Gasteiger partial charge in [0, 0.05) is 19.7 Å². The van der Waals surface area contributed by atoms with E-state index in [1.54, 1.807) is 0 Å². The average molecular weight is 237 g/mol. The van der Waals surface area contributed by atoms with Crippen LogP contribution in [0.5, 0.6) is 0 Å². The van der Waals surface area contributed by atoms with E-state index in [0.29, 0.717) is 13.2 Å². The predicted octanol–water partition coefficient (Wildman–Crippen LogP) is 0.559. The first-order chi connectivity index (χ1) is 6.55. The lowest BCUT2D eigenvalue weighted by atomic mass is 9.99. The lowest BCUT2D eigenvalue weighted by Crippen LogP contribution is -2.56. The number of nitrogens with one attached hydrogen (secondary N) is 2. The summed E-state index contributed by atoms with van der Waals surface area (Å²) in [7, 11) is 0. The van der Waals surface area contributed by atoms with E-state index in [0.717, 1.165) is 13.1 Å². The van der Waals surface area contributed by atoms with E-state index >= 15 is 0 Å². The molecule has 1 aliphatic rings. The Morgan fingerprint density at radius 3 is 2.53 bits per heavy atom. The average Bonchev–Trinajstić information content (AvgIpc) is 1.96. The molecule has 90 valence electrons. The normalized spacial score (nSPS) is 16.5. The molecule has 0 aromatic rings. The quantitative estimate of drug-likeness (QED) is 0.734. The van der Waals surface area contributed by atoms with Crippen LogP contribution in [0.4, 0.5) is 0 Å². The van der Waals surface area contributed by atoms with Gasteiger partial charge in [-0.3, -0.25) is 4.79 Å². The smallest absolute Gasteiger partial charge is 0.226 e. The van der Waals surface area contributed by atoms with Crippen molar-refractivity contribution >= 4 is 18.3 Å². The summed E-state index contributed by atoms with van der Waals surface area (Å²) in [4.78, 5) is 11.6. The standard InChI is InChI=1S/C10H20N2O2.ClH/c1-4-14-7-10(2,3)12-9(13)8-5-11-6-8;/h8,11H,4-7H2,1-3H3,(H,12,13);1H. The van der Waals surface area contributed by atoms with Crippen LogP contribution >= 0.6 is 12.4 Å². The van der Waals surface area contributed by atoms with E-state index in [9.17, 15) is 4.79 Å². The largest absolute Gasteiger partial charge is 0.379 e. The molecule has 0 atom stereocenters. The van der Waals surface area contributed by atoms with Gasteiger partial charge in [0.2, 0.25) is 5.91 Å². The zero-order valence-electron chi connectivity index (χ0n) is 9.63. The summed E-state index contributed by atoms with van der Waals surface area (Å²) in [6.45, 7) is 8.76. The molecule has 1 aliphatic heterocycles. The highest BCUT2D eigenvalue weighted by Crippen LogP contribution is 2.08. The van der Waals surface area contributed by atoms with Gasteiger partial charge < -0.3 is 15.4 Å². The molecule has 0 radical (unpaired) electrons. The van der Waals surface area contributed by atoms with Crippen molar-refractivity contribution in [1.82, 2.24) is 10.6 Å². The van der Waals surface area contributed by atoms with Gasteiger partial charge >= 0.3 is 0 Å². The highest BCUT2D eigenvalue weighted by molar-refractivity contribution is 5.85. The monoisotopic (exact) mass is 236 g/mol. The van der Waals surface area contributed by atoms with Gasteiger partial charge in [-0.2, -0.15) is 0 Å². The first kappa shape index (κ1) is 14.7. The van der Waals surface area contributed by atoms with Crippen LogP contribution in [-0.2, 0) is 9.53 Å². The lowest BCUT2D eigenvalue weighted by molar-refractivity contribution is -0.128. The fourth-order valence-electron chi connectivity index (χ4n) is 1.30. The third kappa shape index (κ3) is 4.82. The summed E-state index contributed by atoms with van der Waals surface area (Å²) in [5.41, 5.74) is -0.261. The molecule has 1 amide bonds. The molecule has 1 heterocycles. The molecule has 0 unspecified atom stereocenters.